The van der Waals surface area contributed by atoms with Gasteiger partial charge >= 0.3 is 6.09 Å². The average molecular weight is 330 g/mol. The van der Waals surface area contributed by atoms with Gasteiger partial charge < -0.3 is 14.8 Å². The van der Waals surface area contributed by atoms with Gasteiger partial charge in [-0.3, -0.25) is 0 Å². The Bertz CT molecular complexity index is 287. The van der Waals surface area contributed by atoms with Crippen LogP contribution in [0.15, 0.2) is 0 Å². The molecular formula is C19H39NO3. The van der Waals surface area contributed by atoms with E-state index >= 15 is 0 Å². The maximum Gasteiger partial charge on any atom is 0.407 e. The molecule has 0 radical (unpaired) electrons. The summed E-state index contributed by atoms with van der Waals surface area (Å²) in [6, 6.07) is 0. The van der Waals surface area contributed by atoms with Crippen LogP contribution in [0, 0.1) is 0 Å². The maximum absolute atomic E-state index is 11.5. The lowest BCUT2D eigenvalue weighted by Gasteiger charge is -2.20. The number of hydrogen-bond acceptors (Lipinski definition) is 3. The molecule has 138 valence electrons. The Hall–Kier alpha value is -0.770. The van der Waals surface area contributed by atoms with Crippen molar-refractivity contribution in [1.82, 2.24) is 5.32 Å². The molecule has 0 heterocycles. The van der Waals surface area contributed by atoms with Crippen LogP contribution in [0.4, 0.5) is 4.79 Å². The molecule has 0 aromatic carbocycles. The van der Waals surface area contributed by atoms with Crippen molar-refractivity contribution in [1.29, 1.82) is 0 Å². The van der Waals surface area contributed by atoms with E-state index in [1.54, 1.807) is 0 Å². The Labute approximate surface area is 143 Å². The molecule has 0 spiro atoms. The molecule has 0 fully saturated rings. The molecule has 0 saturated carbocycles. The molecule has 1 N–H and O–H groups in total. The first-order valence-corrected chi connectivity index (χ1v) is 9.43. The number of rotatable bonds is 13. The van der Waals surface area contributed by atoms with Crippen LogP contribution < -0.4 is 5.32 Å². The molecule has 4 nitrogen and oxygen atoms in total. The summed E-state index contributed by atoms with van der Waals surface area (Å²) in [5.74, 6) is 0. The molecule has 0 aliphatic carbocycles. The molecule has 0 rings (SSSR count). The van der Waals surface area contributed by atoms with Crippen molar-refractivity contribution in [2.45, 2.75) is 104 Å². The Kier molecular flexibility index (Phi) is 13.2. The normalized spacial score (nSPS) is 12.9. The van der Waals surface area contributed by atoms with Gasteiger partial charge in [0, 0.05) is 6.54 Å². The predicted molar refractivity (Wildman–Crippen MR) is 96.9 cm³/mol. The molecule has 23 heavy (non-hydrogen) atoms. The van der Waals surface area contributed by atoms with Gasteiger partial charge in [-0.25, -0.2) is 4.79 Å². The number of hydrogen-bond donors (Lipinski definition) is 1. The van der Waals surface area contributed by atoms with Crippen molar-refractivity contribution in [3.63, 3.8) is 0 Å². The van der Waals surface area contributed by atoms with E-state index in [1.807, 2.05) is 20.8 Å². The molecular weight excluding hydrogens is 290 g/mol. The summed E-state index contributed by atoms with van der Waals surface area (Å²) in [5, 5.41) is 2.71. The van der Waals surface area contributed by atoms with Gasteiger partial charge in [0.1, 0.15) is 5.60 Å². The van der Waals surface area contributed by atoms with Gasteiger partial charge in [0.15, 0.2) is 0 Å². The van der Waals surface area contributed by atoms with Crippen molar-refractivity contribution in [2.24, 2.45) is 0 Å². The fourth-order valence-electron chi connectivity index (χ4n) is 2.38. The van der Waals surface area contributed by atoms with Crippen molar-refractivity contribution < 1.29 is 14.3 Å². The Balaban J connectivity index is 3.37. The highest BCUT2D eigenvalue weighted by Gasteiger charge is 2.15. The van der Waals surface area contributed by atoms with Gasteiger partial charge in [0.2, 0.25) is 0 Å². The largest absolute Gasteiger partial charge is 0.444 e. The second kappa shape index (κ2) is 13.6. The minimum atomic E-state index is -0.450. The fourth-order valence-corrected chi connectivity index (χ4v) is 2.38. The molecule has 0 saturated heterocycles. The number of amides is 1. The average Bonchev–Trinajstić information content (AvgIpc) is 2.44. The van der Waals surface area contributed by atoms with Crippen molar-refractivity contribution >= 4 is 6.09 Å². The third-order valence-electron chi connectivity index (χ3n) is 3.64. The highest BCUT2D eigenvalue weighted by molar-refractivity contribution is 5.67. The van der Waals surface area contributed by atoms with Crippen LogP contribution >= 0.6 is 0 Å². The van der Waals surface area contributed by atoms with Gasteiger partial charge in [0.25, 0.3) is 0 Å². The summed E-state index contributed by atoms with van der Waals surface area (Å²) >= 11 is 0. The monoisotopic (exact) mass is 329 g/mol. The number of alkyl carbamates (subject to hydrolysis) is 1. The van der Waals surface area contributed by atoms with Crippen LogP contribution in [0.1, 0.15) is 92.4 Å². The summed E-state index contributed by atoms with van der Waals surface area (Å²) in [7, 11) is 0. The zero-order valence-corrected chi connectivity index (χ0v) is 16.1. The third-order valence-corrected chi connectivity index (χ3v) is 3.64. The predicted octanol–water partition coefficient (Wildman–Crippen LogP) is 5.45. The minimum absolute atomic E-state index is 0.260. The van der Waals surface area contributed by atoms with E-state index in [1.165, 1.54) is 51.4 Å². The maximum atomic E-state index is 11.5. The van der Waals surface area contributed by atoms with E-state index in [4.69, 9.17) is 9.47 Å². The van der Waals surface area contributed by atoms with Crippen LogP contribution in [-0.4, -0.2) is 30.9 Å². The first-order valence-electron chi connectivity index (χ1n) is 9.43. The SMILES string of the molecule is CCCCCCCCCCC(C)OCCNC(=O)OC(C)(C)C. The van der Waals surface area contributed by atoms with E-state index in [0.717, 1.165) is 6.42 Å². The summed E-state index contributed by atoms with van der Waals surface area (Å²) in [4.78, 5) is 11.5. The quantitative estimate of drug-likeness (QED) is 0.457. The third kappa shape index (κ3) is 17.4. The molecule has 1 amide bonds. The Morgan fingerprint density at radius 2 is 1.57 bits per heavy atom. The summed E-state index contributed by atoms with van der Waals surface area (Å²) in [6.07, 6.45) is 11.7. The summed E-state index contributed by atoms with van der Waals surface area (Å²) in [6.45, 7) is 11.0. The van der Waals surface area contributed by atoms with E-state index in [9.17, 15) is 4.79 Å². The van der Waals surface area contributed by atoms with Gasteiger partial charge in [0.05, 0.1) is 12.7 Å². The molecule has 0 aromatic rings. The van der Waals surface area contributed by atoms with Crippen molar-refractivity contribution in [2.75, 3.05) is 13.2 Å². The number of unbranched alkanes of at least 4 members (excludes halogenated alkanes) is 7. The fraction of sp³-hybridized carbons (Fsp3) is 0.947. The lowest BCUT2D eigenvalue weighted by molar-refractivity contribution is 0.0412. The van der Waals surface area contributed by atoms with E-state index < -0.39 is 5.60 Å². The number of carbonyl (C=O) groups is 1. The smallest absolute Gasteiger partial charge is 0.407 e. The van der Waals surface area contributed by atoms with Gasteiger partial charge in [-0.1, -0.05) is 58.3 Å². The standard InChI is InChI=1S/C19H39NO3/c1-6-7-8-9-10-11-12-13-14-17(2)22-16-15-20-18(21)23-19(3,4)5/h17H,6-16H2,1-5H3,(H,20,21). The van der Waals surface area contributed by atoms with E-state index in [0.29, 0.717) is 13.2 Å². The molecule has 4 heteroatoms. The van der Waals surface area contributed by atoms with Crippen LogP contribution in [0.25, 0.3) is 0 Å². The van der Waals surface area contributed by atoms with E-state index in [-0.39, 0.29) is 12.2 Å². The van der Waals surface area contributed by atoms with Gasteiger partial charge in [-0.15, -0.1) is 0 Å². The van der Waals surface area contributed by atoms with Crippen LogP contribution in [0.2, 0.25) is 0 Å². The molecule has 1 atom stereocenters. The number of nitrogens with one attached hydrogen (secondary N) is 1. The lowest BCUT2D eigenvalue weighted by atomic mass is 10.1. The first kappa shape index (κ1) is 22.2. The molecule has 0 aliphatic heterocycles. The Morgan fingerprint density at radius 1 is 1.00 bits per heavy atom. The zero-order chi connectivity index (χ0) is 17.6. The Morgan fingerprint density at radius 3 is 2.13 bits per heavy atom. The zero-order valence-electron chi connectivity index (χ0n) is 16.1. The molecule has 0 aromatic heterocycles. The van der Waals surface area contributed by atoms with Gasteiger partial charge in [-0.2, -0.15) is 0 Å². The van der Waals surface area contributed by atoms with Crippen LogP contribution in [0.5, 0.6) is 0 Å². The second-order valence-corrected chi connectivity index (χ2v) is 7.37. The minimum Gasteiger partial charge on any atom is -0.444 e. The number of carbonyl (C=O) groups excluding carboxylic acids is 1. The van der Waals surface area contributed by atoms with Crippen molar-refractivity contribution in [3.05, 3.63) is 0 Å². The topological polar surface area (TPSA) is 47.6 Å². The van der Waals surface area contributed by atoms with Crippen LogP contribution in [-0.2, 0) is 9.47 Å². The molecule has 0 bridgehead atoms. The molecule has 0 aliphatic rings. The summed E-state index contributed by atoms with van der Waals surface area (Å²) < 4.78 is 10.9. The highest BCUT2D eigenvalue weighted by atomic mass is 16.6. The number of ether oxygens (including phenoxy) is 2. The molecule has 1 unspecified atom stereocenters. The second-order valence-electron chi connectivity index (χ2n) is 7.37. The van der Waals surface area contributed by atoms with Crippen LogP contribution in [0.3, 0.4) is 0 Å². The van der Waals surface area contributed by atoms with E-state index in [2.05, 4.69) is 19.2 Å². The first-order chi connectivity index (χ1) is 10.8. The van der Waals surface area contributed by atoms with Crippen molar-refractivity contribution in [3.8, 4) is 0 Å². The van der Waals surface area contributed by atoms with Gasteiger partial charge in [-0.05, 0) is 34.1 Å². The highest BCUT2D eigenvalue weighted by Crippen LogP contribution is 2.11. The summed E-state index contributed by atoms with van der Waals surface area (Å²) in [5.41, 5.74) is -0.450. The lowest BCUT2D eigenvalue weighted by Crippen LogP contribution is -2.34.